The minimum atomic E-state index is -3.57. The van der Waals surface area contributed by atoms with Gasteiger partial charge in [-0.05, 0) is 47.9 Å². The van der Waals surface area contributed by atoms with E-state index < -0.39 is 10.0 Å². The highest BCUT2D eigenvalue weighted by atomic mass is 32.2. The molecule has 7 heteroatoms. The van der Waals surface area contributed by atoms with Crippen LogP contribution in [0.2, 0.25) is 0 Å². The lowest BCUT2D eigenvalue weighted by molar-refractivity contribution is 0.0989. The van der Waals surface area contributed by atoms with E-state index in [1.165, 1.54) is 5.56 Å². The maximum absolute atomic E-state index is 13.3. The van der Waals surface area contributed by atoms with Crippen molar-refractivity contribution in [1.82, 2.24) is 9.21 Å². The summed E-state index contributed by atoms with van der Waals surface area (Å²) in [5.74, 6) is -0.0560. The molecule has 1 saturated heterocycles. The topological polar surface area (TPSA) is 60.9 Å². The van der Waals surface area contributed by atoms with Crippen molar-refractivity contribution in [1.29, 1.82) is 0 Å². The Labute approximate surface area is 195 Å². The zero-order valence-electron chi connectivity index (χ0n) is 18.4. The van der Waals surface area contributed by atoms with Crippen LogP contribution < -0.4 is 4.90 Å². The number of hydrogen-bond acceptors (Lipinski definition) is 4. The maximum atomic E-state index is 13.3. The van der Waals surface area contributed by atoms with E-state index in [9.17, 15) is 13.2 Å². The van der Waals surface area contributed by atoms with Crippen LogP contribution in [0.3, 0.4) is 0 Å². The first-order valence-electron chi connectivity index (χ1n) is 11.3. The molecule has 2 heterocycles. The molecule has 3 aromatic carbocycles. The number of rotatable bonds is 5. The highest BCUT2D eigenvalue weighted by Gasteiger charge is 2.31. The molecule has 6 nitrogen and oxygen atoms in total. The van der Waals surface area contributed by atoms with Crippen LogP contribution in [0.15, 0.2) is 83.8 Å². The lowest BCUT2D eigenvalue weighted by Crippen LogP contribution is -2.48. The second kappa shape index (κ2) is 9.09. The molecule has 0 N–H and O–H groups in total. The lowest BCUT2D eigenvalue weighted by Gasteiger charge is -2.34. The molecule has 0 radical (unpaired) electrons. The van der Waals surface area contributed by atoms with E-state index in [0.717, 1.165) is 17.8 Å². The van der Waals surface area contributed by atoms with Crippen LogP contribution in [0.4, 0.5) is 5.69 Å². The van der Waals surface area contributed by atoms with Crippen molar-refractivity contribution in [3.05, 3.63) is 95.6 Å². The van der Waals surface area contributed by atoms with Crippen LogP contribution in [0.25, 0.3) is 0 Å². The van der Waals surface area contributed by atoms with Crippen molar-refractivity contribution in [2.75, 3.05) is 37.6 Å². The third-order valence-corrected chi connectivity index (χ3v) is 8.33. The fraction of sp³-hybridized carbons (Fsp3) is 0.269. The standard InChI is InChI=1S/C26H27N3O3S/c30-26(22-9-5-2-6-10-22)29-14-13-23-19-24(11-12-25(23)29)33(31,32)28-17-15-27(16-18-28)20-21-7-3-1-4-8-21/h1-12,19H,13-18,20H2. The molecule has 0 atom stereocenters. The van der Waals surface area contributed by atoms with Gasteiger partial charge < -0.3 is 4.90 Å². The summed E-state index contributed by atoms with van der Waals surface area (Å²) >= 11 is 0. The van der Waals surface area contributed by atoms with Crippen molar-refractivity contribution in [3.63, 3.8) is 0 Å². The molecule has 2 aliphatic rings. The largest absolute Gasteiger partial charge is 0.308 e. The normalized spacial score (nSPS) is 17.2. The summed E-state index contributed by atoms with van der Waals surface area (Å²) < 4.78 is 28.2. The molecule has 5 rings (SSSR count). The fourth-order valence-corrected chi connectivity index (χ4v) is 6.08. The molecule has 3 aromatic rings. The molecular weight excluding hydrogens is 434 g/mol. The predicted octanol–water partition coefficient (Wildman–Crippen LogP) is 3.40. The average Bonchev–Trinajstić information content (AvgIpc) is 3.28. The predicted molar refractivity (Wildman–Crippen MR) is 129 cm³/mol. The van der Waals surface area contributed by atoms with Gasteiger partial charge in [0.15, 0.2) is 0 Å². The molecule has 1 fully saturated rings. The number of sulfonamides is 1. The van der Waals surface area contributed by atoms with Crippen LogP contribution >= 0.6 is 0 Å². The monoisotopic (exact) mass is 461 g/mol. The molecule has 0 aromatic heterocycles. The molecule has 0 aliphatic carbocycles. The molecule has 2 aliphatic heterocycles. The second-order valence-corrected chi connectivity index (χ2v) is 10.5. The van der Waals surface area contributed by atoms with E-state index in [1.807, 2.05) is 36.4 Å². The van der Waals surface area contributed by atoms with Gasteiger partial charge in [0.25, 0.3) is 5.91 Å². The Kier molecular flexibility index (Phi) is 6.01. The third kappa shape index (κ3) is 4.44. The Morgan fingerprint density at radius 2 is 1.45 bits per heavy atom. The third-order valence-electron chi connectivity index (χ3n) is 6.43. The van der Waals surface area contributed by atoms with E-state index >= 15 is 0 Å². The van der Waals surface area contributed by atoms with Crippen molar-refractivity contribution >= 4 is 21.6 Å². The number of nitrogens with zero attached hydrogens (tertiary/aromatic N) is 3. The van der Waals surface area contributed by atoms with Crippen LogP contribution in [0.1, 0.15) is 21.5 Å². The first-order chi connectivity index (χ1) is 16.0. The molecule has 0 unspecified atom stereocenters. The van der Waals surface area contributed by atoms with Crippen LogP contribution in [0, 0.1) is 0 Å². The van der Waals surface area contributed by atoms with Crippen LogP contribution in [-0.4, -0.2) is 56.3 Å². The second-order valence-electron chi connectivity index (χ2n) is 8.53. The Hall–Kier alpha value is -3.00. The van der Waals surface area contributed by atoms with Gasteiger partial charge in [0.2, 0.25) is 10.0 Å². The highest BCUT2D eigenvalue weighted by Crippen LogP contribution is 2.32. The zero-order valence-corrected chi connectivity index (χ0v) is 19.2. The summed E-state index contributed by atoms with van der Waals surface area (Å²) in [5.41, 5.74) is 3.58. The summed E-state index contributed by atoms with van der Waals surface area (Å²) in [6, 6.07) is 24.6. The number of hydrogen-bond donors (Lipinski definition) is 0. The number of anilines is 1. The van der Waals surface area contributed by atoms with E-state index in [2.05, 4.69) is 17.0 Å². The molecule has 0 spiro atoms. The van der Waals surface area contributed by atoms with Crippen molar-refractivity contribution in [2.24, 2.45) is 0 Å². The summed E-state index contributed by atoms with van der Waals surface area (Å²) in [6.45, 7) is 3.76. The van der Waals surface area contributed by atoms with Gasteiger partial charge in [0.1, 0.15) is 0 Å². The summed E-state index contributed by atoms with van der Waals surface area (Å²) in [6.07, 6.45) is 0.655. The van der Waals surface area contributed by atoms with E-state index in [4.69, 9.17) is 0 Å². The van der Waals surface area contributed by atoms with Crippen molar-refractivity contribution in [2.45, 2.75) is 17.9 Å². The Bertz CT molecular complexity index is 1240. The number of carbonyl (C=O) groups excluding carboxylic acids is 1. The zero-order chi connectivity index (χ0) is 22.8. The van der Waals surface area contributed by atoms with Crippen LogP contribution in [0.5, 0.6) is 0 Å². The summed E-state index contributed by atoms with van der Waals surface area (Å²) in [4.78, 5) is 17.2. The molecule has 0 saturated carbocycles. The van der Waals surface area contributed by atoms with Gasteiger partial charge in [-0.1, -0.05) is 48.5 Å². The maximum Gasteiger partial charge on any atom is 0.258 e. The average molecular weight is 462 g/mol. The van der Waals surface area contributed by atoms with E-state index in [1.54, 1.807) is 39.5 Å². The molecule has 1 amide bonds. The van der Waals surface area contributed by atoms with Gasteiger partial charge in [0.05, 0.1) is 4.90 Å². The summed E-state index contributed by atoms with van der Waals surface area (Å²) in [7, 11) is -3.57. The molecule has 170 valence electrons. The minimum absolute atomic E-state index is 0.0560. The number of amides is 1. The number of carbonyl (C=O) groups is 1. The van der Waals surface area contributed by atoms with Gasteiger partial charge >= 0.3 is 0 Å². The van der Waals surface area contributed by atoms with Crippen LogP contribution in [-0.2, 0) is 23.0 Å². The Morgan fingerprint density at radius 3 is 2.15 bits per heavy atom. The first-order valence-corrected chi connectivity index (χ1v) is 12.7. The number of benzene rings is 3. The van der Waals surface area contributed by atoms with Gasteiger partial charge in [0, 0.05) is 50.5 Å². The molecule has 0 bridgehead atoms. The number of piperazine rings is 1. The van der Waals surface area contributed by atoms with E-state index in [-0.39, 0.29) is 5.91 Å². The smallest absolute Gasteiger partial charge is 0.258 e. The van der Waals surface area contributed by atoms with Gasteiger partial charge in [-0.15, -0.1) is 0 Å². The Balaban J connectivity index is 1.28. The minimum Gasteiger partial charge on any atom is -0.308 e. The van der Waals surface area contributed by atoms with Gasteiger partial charge in [-0.2, -0.15) is 4.31 Å². The van der Waals surface area contributed by atoms with Gasteiger partial charge in [-0.25, -0.2) is 8.42 Å². The fourth-order valence-electron chi connectivity index (χ4n) is 4.60. The van der Waals surface area contributed by atoms with Crippen molar-refractivity contribution < 1.29 is 13.2 Å². The Morgan fingerprint density at radius 1 is 0.788 bits per heavy atom. The first kappa shape index (κ1) is 21.8. The van der Waals surface area contributed by atoms with Gasteiger partial charge in [-0.3, -0.25) is 9.69 Å². The summed E-state index contributed by atoms with van der Waals surface area (Å²) in [5, 5.41) is 0. The quantitative estimate of drug-likeness (QED) is 0.584. The molecule has 33 heavy (non-hydrogen) atoms. The molecular formula is C26H27N3O3S. The lowest BCUT2D eigenvalue weighted by atomic mass is 10.1. The highest BCUT2D eigenvalue weighted by molar-refractivity contribution is 7.89. The van der Waals surface area contributed by atoms with Crippen molar-refractivity contribution in [3.8, 4) is 0 Å². The van der Waals surface area contributed by atoms with E-state index in [0.29, 0.717) is 49.6 Å². The number of fused-ring (bicyclic) bond motifs is 1. The SMILES string of the molecule is O=C(c1ccccc1)N1CCc2cc(S(=O)(=O)N3CCN(Cc4ccccc4)CC3)ccc21.